The Hall–Kier alpha value is -1.88. The van der Waals surface area contributed by atoms with Crippen LogP contribution in [0.1, 0.15) is 24.4 Å². The van der Waals surface area contributed by atoms with Gasteiger partial charge in [0.15, 0.2) is 6.04 Å². The van der Waals surface area contributed by atoms with Gasteiger partial charge in [-0.1, -0.05) is 30.3 Å². The van der Waals surface area contributed by atoms with Gasteiger partial charge in [0.25, 0.3) is 0 Å². The van der Waals surface area contributed by atoms with Gasteiger partial charge in [0.1, 0.15) is 6.10 Å². The van der Waals surface area contributed by atoms with Crippen molar-refractivity contribution in [3.8, 4) is 0 Å². The lowest BCUT2D eigenvalue weighted by molar-refractivity contribution is -0.143. The quantitative estimate of drug-likeness (QED) is 0.838. The van der Waals surface area contributed by atoms with Gasteiger partial charge in [-0.2, -0.15) is 0 Å². The number of hydrogen-bond donors (Lipinski definition) is 2. The Morgan fingerprint density at radius 1 is 1.33 bits per heavy atom. The molecule has 18 heavy (non-hydrogen) atoms. The molecular weight excluding hydrogens is 234 g/mol. The maximum Gasteiger partial charge on any atom is 0.330 e. The van der Waals surface area contributed by atoms with Gasteiger partial charge in [-0.25, -0.2) is 4.79 Å². The minimum absolute atomic E-state index is 0.358. The van der Waals surface area contributed by atoms with E-state index in [1.165, 1.54) is 0 Å². The van der Waals surface area contributed by atoms with E-state index in [0.717, 1.165) is 6.42 Å². The molecule has 0 spiro atoms. The molecule has 1 unspecified atom stereocenters. The van der Waals surface area contributed by atoms with Crippen molar-refractivity contribution in [2.24, 2.45) is 0 Å². The van der Waals surface area contributed by atoms with Gasteiger partial charge in [0, 0.05) is 6.61 Å². The molecule has 1 aromatic carbocycles. The number of carbonyl (C=O) groups is 2. The van der Waals surface area contributed by atoms with Crippen molar-refractivity contribution in [2.75, 3.05) is 6.61 Å². The summed E-state index contributed by atoms with van der Waals surface area (Å²) in [4.78, 5) is 23.0. The number of nitrogens with one attached hydrogen (secondary N) is 1. The van der Waals surface area contributed by atoms with Crippen LogP contribution in [0.3, 0.4) is 0 Å². The third kappa shape index (κ3) is 2.87. The number of amides is 1. The van der Waals surface area contributed by atoms with E-state index < -0.39 is 18.1 Å². The summed E-state index contributed by atoms with van der Waals surface area (Å²) in [5, 5.41) is 11.7. The van der Waals surface area contributed by atoms with Crippen LogP contribution < -0.4 is 5.32 Å². The Bertz CT molecular complexity index is 426. The first kappa shape index (κ1) is 12.6. The summed E-state index contributed by atoms with van der Waals surface area (Å²) in [6, 6.07) is 7.60. The zero-order valence-electron chi connectivity index (χ0n) is 9.83. The maximum absolute atomic E-state index is 11.8. The van der Waals surface area contributed by atoms with Crippen LogP contribution in [0.15, 0.2) is 30.3 Å². The molecule has 0 radical (unpaired) electrons. The van der Waals surface area contributed by atoms with Crippen molar-refractivity contribution in [3.63, 3.8) is 0 Å². The van der Waals surface area contributed by atoms with Gasteiger partial charge < -0.3 is 15.2 Å². The molecule has 5 heteroatoms. The minimum Gasteiger partial charge on any atom is -0.479 e. The molecule has 1 heterocycles. The molecule has 5 nitrogen and oxygen atoms in total. The van der Waals surface area contributed by atoms with Gasteiger partial charge in [0.05, 0.1) is 0 Å². The fourth-order valence-corrected chi connectivity index (χ4v) is 1.95. The molecule has 1 aromatic rings. The number of hydrogen-bond acceptors (Lipinski definition) is 3. The first-order chi connectivity index (χ1) is 8.68. The minimum atomic E-state index is -1.08. The number of aliphatic carboxylic acids is 1. The van der Waals surface area contributed by atoms with Crippen molar-refractivity contribution in [3.05, 3.63) is 35.9 Å². The van der Waals surface area contributed by atoms with Crippen LogP contribution in [0.4, 0.5) is 0 Å². The smallest absolute Gasteiger partial charge is 0.330 e. The van der Waals surface area contributed by atoms with Crippen LogP contribution in [0.25, 0.3) is 0 Å². The van der Waals surface area contributed by atoms with Crippen molar-refractivity contribution in [1.29, 1.82) is 0 Å². The van der Waals surface area contributed by atoms with E-state index in [-0.39, 0.29) is 5.91 Å². The highest BCUT2D eigenvalue weighted by Gasteiger charge is 2.28. The van der Waals surface area contributed by atoms with E-state index in [1.807, 2.05) is 0 Å². The Morgan fingerprint density at radius 2 is 2.06 bits per heavy atom. The van der Waals surface area contributed by atoms with E-state index in [0.29, 0.717) is 18.6 Å². The van der Waals surface area contributed by atoms with E-state index in [9.17, 15) is 9.59 Å². The largest absolute Gasteiger partial charge is 0.479 e. The third-order valence-electron chi connectivity index (χ3n) is 2.89. The highest BCUT2D eigenvalue weighted by Crippen LogP contribution is 2.16. The van der Waals surface area contributed by atoms with E-state index in [4.69, 9.17) is 9.84 Å². The lowest BCUT2D eigenvalue weighted by atomic mass is 10.1. The average molecular weight is 249 g/mol. The molecule has 2 rings (SSSR count). The number of carboxylic acids is 1. The molecule has 2 atom stereocenters. The number of benzene rings is 1. The highest BCUT2D eigenvalue weighted by molar-refractivity contribution is 5.87. The second-order valence-electron chi connectivity index (χ2n) is 4.19. The Labute approximate surface area is 105 Å². The van der Waals surface area contributed by atoms with E-state index in [2.05, 4.69) is 5.32 Å². The van der Waals surface area contributed by atoms with Gasteiger partial charge in [-0.05, 0) is 18.4 Å². The molecule has 0 aromatic heterocycles. The monoisotopic (exact) mass is 249 g/mol. The number of rotatable bonds is 4. The molecule has 0 saturated carbocycles. The highest BCUT2D eigenvalue weighted by atomic mass is 16.5. The number of carboxylic acid groups (broad SMARTS) is 1. The summed E-state index contributed by atoms with van der Waals surface area (Å²) in [6.45, 7) is 0.557. The van der Waals surface area contributed by atoms with Gasteiger partial charge >= 0.3 is 5.97 Å². The lowest BCUT2D eigenvalue weighted by Crippen LogP contribution is -2.39. The zero-order chi connectivity index (χ0) is 13.0. The van der Waals surface area contributed by atoms with Gasteiger partial charge in [-0.15, -0.1) is 0 Å². The Morgan fingerprint density at radius 3 is 2.61 bits per heavy atom. The predicted octanol–water partition coefficient (Wildman–Crippen LogP) is 1.11. The third-order valence-corrected chi connectivity index (χ3v) is 2.89. The number of carbonyl (C=O) groups excluding carboxylic acids is 1. The van der Waals surface area contributed by atoms with Crippen LogP contribution >= 0.6 is 0 Å². The van der Waals surface area contributed by atoms with Crippen LogP contribution in [0, 0.1) is 0 Å². The topological polar surface area (TPSA) is 75.6 Å². The molecule has 96 valence electrons. The summed E-state index contributed by atoms with van der Waals surface area (Å²) >= 11 is 0. The summed E-state index contributed by atoms with van der Waals surface area (Å²) in [5.74, 6) is -1.43. The zero-order valence-corrected chi connectivity index (χ0v) is 9.83. The van der Waals surface area contributed by atoms with Gasteiger partial charge in [0.2, 0.25) is 5.91 Å². The Balaban J connectivity index is 2.07. The summed E-state index contributed by atoms with van der Waals surface area (Å²) in [5.41, 5.74) is 0.552. The number of ether oxygens (including phenoxy) is 1. The normalized spacial score (nSPS) is 20.3. The first-order valence-corrected chi connectivity index (χ1v) is 5.88. The summed E-state index contributed by atoms with van der Waals surface area (Å²) in [6.07, 6.45) is 0.962. The van der Waals surface area contributed by atoms with Crippen molar-refractivity contribution in [1.82, 2.24) is 5.32 Å². The van der Waals surface area contributed by atoms with E-state index >= 15 is 0 Å². The maximum atomic E-state index is 11.8. The van der Waals surface area contributed by atoms with Crippen LogP contribution in [0.5, 0.6) is 0 Å². The second kappa shape index (κ2) is 5.64. The standard InChI is InChI=1S/C13H15NO4/c15-12(10-7-4-8-18-10)14-11(13(16)17)9-5-2-1-3-6-9/h1-3,5-6,10-11H,4,7-8H2,(H,14,15)(H,16,17)/t10?,11-/m1/s1. The molecule has 0 bridgehead atoms. The van der Waals surface area contributed by atoms with Crippen molar-refractivity contribution < 1.29 is 19.4 Å². The molecule has 1 aliphatic heterocycles. The molecule has 1 fully saturated rings. The SMILES string of the molecule is O=C(N[C@@H](C(=O)O)c1ccccc1)C1CCCO1. The molecular formula is C13H15NO4. The molecule has 1 amide bonds. The second-order valence-corrected chi connectivity index (χ2v) is 4.19. The average Bonchev–Trinajstić information content (AvgIpc) is 2.90. The molecule has 2 N–H and O–H groups in total. The van der Waals surface area contributed by atoms with E-state index in [1.54, 1.807) is 30.3 Å². The van der Waals surface area contributed by atoms with Crippen LogP contribution in [0.2, 0.25) is 0 Å². The summed E-state index contributed by atoms with van der Waals surface area (Å²) < 4.78 is 5.23. The van der Waals surface area contributed by atoms with Gasteiger partial charge in [-0.3, -0.25) is 4.79 Å². The fraction of sp³-hybridized carbons (Fsp3) is 0.385. The fourth-order valence-electron chi connectivity index (χ4n) is 1.95. The van der Waals surface area contributed by atoms with Crippen LogP contribution in [-0.2, 0) is 14.3 Å². The lowest BCUT2D eigenvalue weighted by Gasteiger charge is -2.17. The molecule has 0 aliphatic carbocycles. The van der Waals surface area contributed by atoms with Crippen molar-refractivity contribution >= 4 is 11.9 Å². The molecule has 1 saturated heterocycles. The van der Waals surface area contributed by atoms with Crippen molar-refractivity contribution in [2.45, 2.75) is 25.0 Å². The summed E-state index contributed by atoms with van der Waals surface area (Å²) in [7, 11) is 0. The molecule has 1 aliphatic rings. The Kier molecular flexibility index (Phi) is 3.94. The first-order valence-electron chi connectivity index (χ1n) is 5.88. The predicted molar refractivity (Wildman–Crippen MR) is 63.9 cm³/mol. The van der Waals surface area contributed by atoms with Crippen LogP contribution in [-0.4, -0.2) is 29.7 Å².